The van der Waals surface area contributed by atoms with E-state index in [2.05, 4.69) is 16.1 Å². The average Bonchev–Trinajstić information content (AvgIpc) is 3.37. The SMILES string of the molecule is O=C(C[C@H]1Sc2ccccc2NC1=O)NNC(=O)C(=O)NC1CC1. The molecule has 0 aromatic heterocycles. The molecule has 4 amide bonds. The van der Waals surface area contributed by atoms with Gasteiger partial charge in [0.05, 0.1) is 10.9 Å². The minimum absolute atomic E-state index is 0.0568. The Morgan fingerprint density at radius 2 is 1.88 bits per heavy atom. The molecule has 24 heavy (non-hydrogen) atoms. The van der Waals surface area contributed by atoms with Crippen molar-refractivity contribution in [1.29, 1.82) is 0 Å². The molecule has 126 valence electrons. The van der Waals surface area contributed by atoms with Crippen LogP contribution >= 0.6 is 11.8 Å². The summed E-state index contributed by atoms with van der Waals surface area (Å²) in [4.78, 5) is 47.7. The first kappa shape index (κ1) is 16.3. The van der Waals surface area contributed by atoms with Crippen LogP contribution in [0.4, 0.5) is 5.69 Å². The lowest BCUT2D eigenvalue weighted by Crippen LogP contribution is -2.49. The van der Waals surface area contributed by atoms with E-state index >= 15 is 0 Å². The van der Waals surface area contributed by atoms with Gasteiger partial charge in [-0.2, -0.15) is 0 Å². The first-order valence-corrected chi connectivity index (χ1v) is 8.37. The van der Waals surface area contributed by atoms with E-state index in [9.17, 15) is 19.2 Å². The van der Waals surface area contributed by atoms with Crippen molar-refractivity contribution in [2.24, 2.45) is 0 Å². The number of anilines is 1. The van der Waals surface area contributed by atoms with Crippen LogP contribution in [0.5, 0.6) is 0 Å². The number of benzene rings is 1. The Balaban J connectivity index is 1.47. The van der Waals surface area contributed by atoms with Crippen molar-refractivity contribution in [3.8, 4) is 0 Å². The van der Waals surface area contributed by atoms with Gasteiger partial charge in [-0.1, -0.05) is 12.1 Å². The Hall–Kier alpha value is -2.55. The van der Waals surface area contributed by atoms with Crippen LogP contribution in [0.25, 0.3) is 0 Å². The van der Waals surface area contributed by atoms with Crippen molar-refractivity contribution in [3.05, 3.63) is 24.3 Å². The van der Waals surface area contributed by atoms with Gasteiger partial charge < -0.3 is 10.6 Å². The number of amides is 4. The Labute approximate surface area is 142 Å². The highest BCUT2D eigenvalue weighted by atomic mass is 32.2. The summed E-state index contributed by atoms with van der Waals surface area (Å²) in [6, 6.07) is 7.36. The predicted molar refractivity (Wildman–Crippen MR) is 86.8 cm³/mol. The molecule has 2 aliphatic rings. The largest absolute Gasteiger partial charge is 0.345 e. The second-order valence-electron chi connectivity index (χ2n) is 5.55. The molecule has 1 aliphatic heterocycles. The number of para-hydroxylation sites is 1. The Morgan fingerprint density at radius 1 is 1.12 bits per heavy atom. The molecule has 0 radical (unpaired) electrons. The maximum Gasteiger partial charge on any atom is 0.327 e. The number of hydrogen-bond acceptors (Lipinski definition) is 5. The monoisotopic (exact) mass is 348 g/mol. The van der Waals surface area contributed by atoms with E-state index in [1.54, 1.807) is 6.07 Å². The highest BCUT2D eigenvalue weighted by Crippen LogP contribution is 2.36. The molecule has 1 aliphatic carbocycles. The van der Waals surface area contributed by atoms with Gasteiger partial charge in [0.1, 0.15) is 0 Å². The molecule has 1 aromatic rings. The Morgan fingerprint density at radius 3 is 2.62 bits per heavy atom. The average molecular weight is 348 g/mol. The van der Waals surface area contributed by atoms with Gasteiger partial charge in [-0.05, 0) is 25.0 Å². The summed E-state index contributed by atoms with van der Waals surface area (Å²) in [6.45, 7) is 0. The number of nitrogens with one attached hydrogen (secondary N) is 4. The molecule has 1 atom stereocenters. The fourth-order valence-corrected chi connectivity index (χ4v) is 3.22. The third kappa shape index (κ3) is 4.05. The summed E-state index contributed by atoms with van der Waals surface area (Å²) in [5.74, 6) is -2.53. The first-order chi connectivity index (χ1) is 11.5. The van der Waals surface area contributed by atoms with E-state index in [0.29, 0.717) is 5.69 Å². The molecular formula is C15H16N4O4S. The third-order valence-electron chi connectivity index (χ3n) is 3.51. The second kappa shape index (κ2) is 6.91. The maximum absolute atomic E-state index is 12.0. The van der Waals surface area contributed by atoms with Crippen LogP contribution in [0.3, 0.4) is 0 Å². The smallest absolute Gasteiger partial charge is 0.327 e. The number of thioether (sulfide) groups is 1. The lowest BCUT2D eigenvalue weighted by atomic mass is 10.2. The third-order valence-corrected chi connectivity index (χ3v) is 4.79. The van der Waals surface area contributed by atoms with Crippen molar-refractivity contribution in [3.63, 3.8) is 0 Å². The normalized spacial score (nSPS) is 18.8. The van der Waals surface area contributed by atoms with E-state index in [-0.39, 0.29) is 18.4 Å². The van der Waals surface area contributed by atoms with E-state index in [1.165, 1.54) is 11.8 Å². The highest BCUT2D eigenvalue weighted by molar-refractivity contribution is 8.01. The molecule has 1 heterocycles. The standard InChI is InChI=1S/C15H16N4O4S/c20-12(18-19-15(23)14(22)16-8-5-6-8)7-11-13(21)17-9-3-1-2-4-10(9)24-11/h1-4,8,11H,5-7H2,(H,16,22)(H,17,21)(H,18,20)(H,19,23)/t11-/m1/s1. The van der Waals surface area contributed by atoms with Crippen molar-refractivity contribution in [1.82, 2.24) is 16.2 Å². The lowest BCUT2D eigenvalue weighted by Gasteiger charge is -2.23. The zero-order valence-electron chi connectivity index (χ0n) is 12.6. The van der Waals surface area contributed by atoms with Gasteiger partial charge in [-0.25, -0.2) is 0 Å². The molecule has 1 saturated carbocycles. The van der Waals surface area contributed by atoms with Crippen LogP contribution in [0.2, 0.25) is 0 Å². The molecule has 4 N–H and O–H groups in total. The minimum Gasteiger partial charge on any atom is -0.345 e. The van der Waals surface area contributed by atoms with Gasteiger partial charge in [0.2, 0.25) is 11.8 Å². The van der Waals surface area contributed by atoms with E-state index in [1.807, 2.05) is 23.6 Å². The van der Waals surface area contributed by atoms with Gasteiger partial charge in [0, 0.05) is 17.4 Å². The van der Waals surface area contributed by atoms with Crippen molar-refractivity contribution >= 4 is 41.1 Å². The number of hydrazine groups is 1. The summed E-state index contributed by atoms with van der Waals surface area (Å²) in [5, 5.41) is 4.64. The number of carbonyl (C=O) groups is 4. The van der Waals surface area contributed by atoms with Crippen LogP contribution in [-0.4, -0.2) is 34.9 Å². The number of carbonyl (C=O) groups excluding carboxylic acids is 4. The van der Waals surface area contributed by atoms with Crippen LogP contribution in [0.1, 0.15) is 19.3 Å². The Kier molecular flexibility index (Phi) is 4.70. The molecule has 0 bridgehead atoms. The molecular weight excluding hydrogens is 332 g/mol. The van der Waals surface area contributed by atoms with Gasteiger partial charge >= 0.3 is 11.8 Å². The van der Waals surface area contributed by atoms with E-state index < -0.39 is 23.0 Å². The van der Waals surface area contributed by atoms with Gasteiger partial charge in [-0.15, -0.1) is 11.8 Å². The second-order valence-corrected chi connectivity index (χ2v) is 6.79. The minimum atomic E-state index is -0.929. The molecule has 0 saturated heterocycles. The lowest BCUT2D eigenvalue weighted by molar-refractivity contribution is -0.141. The van der Waals surface area contributed by atoms with Gasteiger partial charge in [0.25, 0.3) is 0 Å². The predicted octanol–water partition coefficient (Wildman–Crippen LogP) is -0.0845. The molecule has 0 spiro atoms. The molecule has 3 rings (SSSR count). The summed E-state index contributed by atoms with van der Waals surface area (Å²) < 4.78 is 0. The summed E-state index contributed by atoms with van der Waals surface area (Å²) in [6.07, 6.45) is 1.61. The quantitative estimate of drug-likeness (QED) is 0.450. The Bertz CT molecular complexity index is 704. The molecule has 1 fully saturated rings. The van der Waals surface area contributed by atoms with Crippen LogP contribution in [-0.2, 0) is 19.2 Å². The van der Waals surface area contributed by atoms with E-state index in [0.717, 1.165) is 17.7 Å². The zero-order chi connectivity index (χ0) is 17.1. The van der Waals surface area contributed by atoms with Crippen molar-refractivity contribution in [2.45, 2.75) is 35.4 Å². The van der Waals surface area contributed by atoms with Crippen molar-refractivity contribution < 1.29 is 19.2 Å². The van der Waals surface area contributed by atoms with Crippen LogP contribution in [0.15, 0.2) is 29.2 Å². The fraction of sp³-hybridized carbons (Fsp3) is 0.333. The van der Waals surface area contributed by atoms with Crippen molar-refractivity contribution in [2.75, 3.05) is 5.32 Å². The van der Waals surface area contributed by atoms with Crippen LogP contribution in [0, 0.1) is 0 Å². The number of fused-ring (bicyclic) bond motifs is 1. The number of rotatable bonds is 3. The molecule has 9 heteroatoms. The summed E-state index contributed by atoms with van der Waals surface area (Å²) >= 11 is 1.29. The first-order valence-electron chi connectivity index (χ1n) is 7.49. The molecule has 1 aromatic carbocycles. The summed E-state index contributed by atoms with van der Waals surface area (Å²) in [7, 11) is 0. The fourth-order valence-electron chi connectivity index (χ4n) is 2.11. The van der Waals surface area contributed by atoms with E-state index in [4.69, 9.17) is 0 Å². The molecule has 8 nitrogen and oxygen atoms in total. The maximum atomic E-state index is 12.0. The number of hydrogen-bond donors (Lipinski definition) is 4. The van der Waals surface area contributed by atoms with Gasteiger partial charge in [0.15, 0.2) is 0 Å². The van der Waals surface area contributed by atoms with Gasteiger partial charge in [-0.3, -0.25) is 30.0 Å². The van der Waals surface area contributed by atoms with Crippen LogP contribution < -0.4 is 21.5 Å². The zero-order valence-corrected chi connectivity index (χ0v) is 13.4. The highest BCUT2D eigenvalue weighted by Gasteiger charge is 2.29. The molecule has 0 unspecified atom stereocenters. The summed E-state index contributed by atoms with van der Waals surface area (Å²) in [5.41, 5.74) is 4.92. The topological polar surface area (TPSA) is 116 Å².